The minimum Gasteiger partial charge on any atom is -0.497 e. The molecule has 0 amide bonds. The lowest BCUT2D eigenvalue weighted by Gasteiger charge is -2.07. The van der Waals surface area contributed by atoms with Crippen LogP contribution in [-0.2, 0) is 7.05 Å². The zero-order chi connectivity index (χ0) is 11.8. The van der Waals surface area contributed by atoms with Crippen LogP contribution in [0, 0.1) is 0 Å². The molecule has 1 atom stereocenters. The number of methoxy groups -OCH3 is 1. The SMILES string of the molecule is COc1ccc2c(c1)c(C1CCNC1)cn2C. The zero-order valence-electron chi connectivity index (χ0n) is 10.4. The molecule has 0 saturated carbocycles. The Balaban J connectivity index is 2.16. The van der Waals surface area contributed by atoms with Gasteiger partial charge in [-0.25, -0.2) is 0 Å². The monoisotopic (exact) mass is 230 g/mol. The van der Waals surface area contributed by atoms with Crippen LogP contribution in [-0.4, -0.2) is 24.8 Å². The molecule has 1 fully saturated rings. The number of hydrogen-bond donors (Lipinski definition) is 1. The summed E-state index contributed by atoms with van der Waals surface area (Å²) in [7, 11) is 3.83. The minimum atomic E-state index is 0.644. The first-order valence-corrected chi connectivity index (χ1v) is 6.13. The van der Waals surface area contributed by atoms with Gasteiger partial charge >= 0.3 is 0 Å². The maximum Gasteiger partial charge on any atom is 0.119 e. The number of nitrogens with one attached hydrogen (secondary N) is 1. The number of aryl methyl sites for hydroxylation is 1. The lowest BCUT2D eigenvalue weighted by Crippen LogP contribution is -2.07. The quantitative estimate of drug-likeness (QED) is 0.856. The van der Waals surface area contributed by atoms with Gasteiger partial charge < -0.3 is 14.6 Å². The van der Waals surface area contributed by atoms with Crippen molar-refractivity contribution in [2.24, 2.45) is 7.05 Å². The van der Waals surface area contributed by atoms with E-state index < -0.39 is 0 Å². The molecule has 1 unspecified atom stereocenters. The van der Waals surface area contributed by atoms with Crippen LogP contribution in [0.3, 0.4) is 0 Å². The Labute approximate surface area is 101 Å². The van der Waals surface area contributed by atoms with Gasteiger partial charge in [-0.15, -0.1) is 0 Å². The molecule has 1 saturated heterocycles. The van der Waals surface area contributed by atoms with E-state index >= 15 is 0 Å². The van der Waals surface area contributed by atoms with Crippen LogP contribution >= 0.6 is 0 Å². The summed E-state index contributed by atoms with van der Waals surface area (Å²) >= 11 is 0. The summed E-state index contributed by atoms with van der Waals surface area (Å²) in [6.07, 6.45) is 3.50. The van der Waals surface area contributed by atoms with Crippen molar-refractivity contribution in [3.63, 3.8) is 0 Å². The van der Waals surface area contributed by atoms with Gasteiger partial charge in [0, 0.05) is 30.7 Å². The van der Waals surface area contributed by atoms with Crippen LogP contribution in [0.2, 0.25) is 0 Å². The fraction of sp³-hybridized carbons (Fsp3) is 0.429. The molecule has 0 spiro atoms. The molecular weight excluding hydrogens is 212 g/mol. The highest BCUT2D eigenvalue weighted by molar-refractivity contribution is 5.86. The number of hydrogen-bond acceptors (Lipinski definition) is 2. The van der Waals surface area contributed by atoms with Crippen molar-refractivity contribution in [3.05, 3.63) is 30.0 Å². The van der Waals surface area contributed by atoms with Gasteiger partial charge in [0.1, 0.15) is 5.75 Å². The third-order valence-corrected chi connectivity index (χ3v) is 3.73. The molecule has 0 radical (unpaired) electrons. The molecule has 1 aromatic carbocycles. The second-order valence-corrected chi connectivity index (χ2v) is 4.77. The van der Waals surface area contributed by atoms with E-state index in [-0.39, 0.29) is 0 Å². The van der Waals surface area contributed by atoms with Crippen LogP contribution in [0.5, 0.6) is 5.75 Å². The number of ether oxygens (including phenoxy) is 1. The summed E-state index contributed by atoms with van der Waals surface area (Å²) in [6.45, 7) is 2.22. The van der Waals surface area contributed by atoms with Crippen LogP contribution in [0.4, 0.5) is 0 Å². The first-order valence-electron chi connectivity index (χ1n) is 6.13. The Morgan fingerprint density at radius 3 is 3.00 bits per heavy atom. The molecule has 2 heterocycles. The predicted octanol–water partition coefficient (Wildman–Crippen LogP) is 2.26. The summed E-state index contributed by atoms with van der Waals surface area (Å²) in [6, 6.07) is 6.32. The Hall–Kier alpha value is -1.48. The average molecular weight is 230 g/mol. The largest absolute Gasteiger partial charge is 0.497 e. The van der Waals surface area contributed by atoms with E-state index in [2.05, 4.69) is 35.3 Å². The fourth-order valence-electron chi connectivity index (χ4n) is 2.77. The van der Waals surface area contributed by atoms with Crippen molar-refractivity contribution < 1.29 is 4.74 Å². The highest BCUT2D eigenvalue weighted by Gasteiger charge is 2.20. The van der Waals surface area contributed by atoms with Crippen molar-refractivity contribution in [1.29, 1.82) is 0 Å². The van der Waals surface area contributed by atoms with E-state index in [0.717, 1.165) is 18.8 Å². The standard InChI is InChI=1S/C14H18N2O/c1-16-9-13(10-5-6-15-8-10)12-7-11(17-2)3-4-14(12)16/h3-4,7,9-10,15H,5-6,8H2,1-2H3. The third kappa shape index (κ3) is 1.71. The molecule has 1 aromatic heterocycles. The first-order chi connectivity index (χ1) is 8.29. The highest BCUT2D eigenvalue weighted by Crippen LogP contribution is 2.32. The number of rotatable bonds is 2. The Morgan fingerprint density at radius 1 is 1.41 bits per heavy atom. The second-order valence-electron chi connectivity index (χ2n) is 4.77. The van der Waals surface area contributed by atoms with Crippen LogP contribution in [0.1, 0.15) is 17.9 Å². The Bertz CT molecular complexity index is 538. The number of nitrogens with zero attached hydrogens (tertiary/aromatic N) is 1. The van der Waals surface area contributed by atoms with Gasteiger partial charge in [-0.2, -0.15) is 0 Å². The van der Waals surface area contributed by atoms with Crippen molar-refractivity contribution >= 4 is 10.9 Å². The van der Waals surface area contributed by atoms with Crippen LogP contribution in [0.25, 0.3) is 10.9 Å². The molecule has 1 N–H and O–H groups in total. The Kier molecular flexibility index (Phi) is 2.56. The summed E-state index contributed by atoms with van der Waals surface area (Å²) in [5, 5.41) is 4.77. The molecule has 1 aliphatic rings. The number of benzene rings is 1. The van der Waals surface area contributed by atoms with Crippen molar-refractivity contribution in [2.75, 3.05) is 20.2 Å². The van der Waals surface area contributed by atoms with Gasteiger partial charge in [0.2, 0.25) is 0 Å². The van der Waals surface area contributed by atoms with E-state index in [9.17, 15) is 0 Å². The fourth-order valence-corrected chi connectivity index (χ4v) is 2.77. The molecular formula is C14H18N2O. The zero-order valence-corrected chi connectivity index (χ0v) is 10.4. The summed E-state index contributed by atoms with van der Waals surface area (Å²) in [5.41, 5.74) is 2.74. The normalized spacial score (nSPS) is 20.0. The first kappa shape index (κ1) is 10.7. The van der Waals surface area contributed by atoms with Crippen molar-refractivity contribution in [2.45, 2.75) is 12.3 Å². The molecule has 1 aliphatic heterocycles. The maximum absolute atomic E-state index is 5.32. The maximum atomic E-state index is 5.32. The highest BCUT2D eigenvalue weighted by atomic mass is 16.5. The third-order valence-electron chi connectivity index (χ3n) is 3.73. The molecule has 0 aliphatic carbocycles. The average Bonchev–Trinajstić information content (AvgIpc) is 2.97. The van der Waals surface area contributed by atoms with Gasteiger partial charge in [-0.1, -0.05) is 0 Å². The van der Waals surface area contributed by atoms with Crippen molar-refractivity contribution in [1.82, 2.24) is 9.88 Å². The van der Waals surface area contributed by atoms with Gasteiger partial charge in [-0.05, 0) is 42.6 Å². The lowest BCUT2D eigenvalue weighted by molar-refractivity contribution is 0.415. The topological polar surface area (TPSA) is 26.2 Å². The van der Waals surface area contributed by atoms with Gasteiger partial charge in [-0.3, -0.25) is 0 Å². The summed E-state index contributed by atoms with van der Waals surface area (Å²) in [4.78, 5) is 0. The van der Waals surface area contributed by atoms with Crippen LogP contribution < -0.4 is 10.1 Å². The van der Waals surface area contributed by atoms with E-state index in [0.29, 0.717) is 5.92 Å². The number of fused-ring (bicyclic) bond motifs is 1. The molecule has 0 bridgehead atoms. The van der Waals surface area contributed by atoms with E-state index in [1.54, 1.807) is 7.11 Å². The molecule has 3 rings (SSSR count). The molecule has 90 valence electrons. The molecule has 2 aromatic rings. The van der Waals surface area contributed by atoms with Gasteiger partial charge in [0.25, 0.3) is 0 Å². The molecule has 17 heavy (non-hydrogen) atoms. The van der Waals surface area contributed by atoms with Gasteiger partial charge in [0.15, 0.2) is 0 Å². The molecule has 3 nitrogen and oxygen atoms in total. The van der Waals surface area contributed by atoms with E-state index in [4.69, 9.17) is 4.74 Å². The lowest BCUT2D eigenvalue weighted by atomic mass is 9.98. The number of aromatic nitrogens is 1. The Morgan fingerprint density at radius 2 is 2.29 bits per heavy atom. The second kappa shape index (κ2) is 4.08. The summed E-state index contributed by atoms with van der Waals surface area (Å²) < 4.78 is 7.54. The molecule has 3 heteroatoms. The predicted molar refractivity (Wildman–Crippen MR) is 69.7 cm³/mol. The van der Waals surface area contributed by atoms with Crippen molar-refractivity contribution in [3.8, 4) is 5.75 Å². The summed E-state index contributed by atoms with van der Waals surface area (Å²) in [5.74, 6) is 1.58. The minimum absolute atomic E-state index is 0.644. The smallest absolute Gasteiger partial charge is 0.119 e. The van der Waals surface area contributed by atoms with E-state index in [1.807, 2.05) is 6.07 Å². The van der Waals surface area contributed by atoms with E-state index in [1.165, 1.54) is 22.9 Å². The van der Waals surface area contributed by atoms with Gasteiger partial charge in [0.05, 0.1) is 7.11 Å². The van der Waals surface area contributed by atoms with Crippen LogP contribution in [0.15, 0.2) is 24.4 Å².